The number of amides is 1. The van der Waals surface area contributed by atoms with Gasteiger partial charge in [-0.2, -0.15) is 13.2 Å². The van der Waals surface area contributed by atoms with Crippen molar-refractivity contribution in [2.24, 2.45) is 0 Å². The standard InChI is InChI=1S/C21H22F3N5O2/c22-21(23,24)15-7-2-3-8-17(15)29-14-16(26-27-29)20(30)25-13-18(19-9-6-12-31-19)28-10-4-1-5-11-28/h2-3,6-9,12,14,18H,1,4-5,10-11,13H2,(H,25,30). The number of aromatic nitrogens is 3. The summed E-state index contributed by atoms with van der Waals surface area (Å²) >= 11 is 0. The van der Waals surface area contributed by atoms with E-state index in [0.29, 0.717) is 6.54 Å². The predicted octanol–water partition coefficient (Wildman–Crippen LogP) is 3.84. The van der Waals surface area contributed by atoms with Crippen LogP contribution < -0.4 is 5.32 Å². The molecule has 1 N–H and O–H groups in total. The second-order valence-electron chi connectivity index (χ2n) is 7.40. The average molecular weight is 433 g/mol. The first-order chi connectivity index (χ1) is 14.9. The SMILES string of the molecule is O=C(NCC(c1ccco1)N1CCCCC1)c1cn(-c2ccccc2C(F)(F)F)nn1. The van der Waals surface area contributed by atoms with E-state index < -0.39 is 17.6 Å². The Morgan fingerprint density at radius 3 is 2.61 bits per heavy atom. The molecule has 1 fully saturated rings. The predicted molar refractivity (Wildman–Crippen MR) is 106 cm³/mol. The number of piperidine rings is 1. The topological polar surface area (TPSA) is 76.2 Å². The van der Waals surface area contributed by atoms with Crippen molar-refractivity contribution in [1.82, 2.24) is 25.2 Å². The van der Waals surface area contributed by atoms with Crippen LogP contribution in [-0.4, -0.2) is 45.4 Å². The van der Waals surface area contributed by atoms with E-state index in [0.717, 1.165) is 42.4 Å². The number of benzene rings is 1. The van der Waals surface area contributed by atoms with E-state index in [-0.39, 0.29) is 17.4 Å². The summed E-state index contributed by atoms with van der Waals surface area (Å²) in [4.78, 5) is 14.9. The molecule has 1 aromatic carbocycles. The number of carbonyl (C=O) groups excluding carboxylic acids is 1. The van der Waals surface area contributed by atoms with Crippen LogP contribution >= 0.6 is 0 Å². The molecule has 0 aliphatic carbocycles. The van der Waals surface area contributed by atoms with E-state index >= 15 is 0 Å². The monoisotopic (exact) mass is 433 g/mol. The van der Waals surface area contributed by atoms with Crippen LogP contribution in [0.25, 0.3) is 5.69 Å². The fourth-order valence-corrected chi connectivity index (χ4v) is 3.80. The Morgan fingerprint density at radius 2 is 1.90 bits per heavy atom. The third-order valence-corrected chi connectivity index (χ3v) is 5.34. The summed E-state index contributed by atoms with van der Waals surface area (Å²) in [7, 11) is 0. The number of carbonyl (C=O) groups is 1. The number of rotatable bonds is 6. The van der Waals surface area contributed by atoms with Crippen molar-refractivity contribution in [3.63, 3.8) is 0 Å². The molecule has 3 aromatic rings. The molecular weight excluding hydrogens is 411 g/mol. The zero-order valence-corrected chi connectivity index (χ0v) is 16.7. The maximum absolute atomic E-state index is 13.3. The van der Waals surface area contributed by atoms with Crippen LogP contribution in [0.2, 0.25) is 0 Å². The summed E-state index contributed by atoms with van der Waals surface area (Å²) in [5, 5.41) is 10.3. The van der Waals surface area contributed by atoms with Crippen molar-refractivity contribution in [2.45, 2.75) is 31.5 Å². The van der Waals surface area contributed by atoms with Gasteiger partial charge in [0.15, 0.2) is 5.69 Å². The summed E-state index contributed by atoms with van der Waals surface area (Å²) in [6.07, 6.45) is 1.59. The highest BCUT2D eigenvalue weighted by Gasteiger charge is 2.34. The molecule has 1 unspecified atom stereocenters. The van der Waals surface area contributed by atoms with E-state index in [1.807, 2.05) is 6.07 Å². The van der Waals surface area contributed by atoms with Gasteiger partial charge in [-0.05, 0) is 50.2 Å². The average Bonchev–Trinajstić information content (AvgIpc) is 3.47. The number of likely N-dealkylation sites (tertiary alicyclic amines) is 1. The third-order valence-electron chi connectivity index (χ3n) is 5.34. The highest BCUT2D eigenvalue weighted by atomic mass is 19.4. The number of nitrogens with zero attached hydrogens (tertiary/aromatic N) is 4. The van der Waals surface area contributed by atoms with Gasteiger partial charge in [-0.15, -0.1) is 5.10 Å². The molecular formula is C21H22F3N5O2. The molecule has 3 heterocycles. The molecule has 0 bridgehead atoms. The van der Waals surface area contributed by atoms with Crippen molar-refractivity contribution in [2.75, 3.05) is 19.6 Å². The van der Waals surface area contributed by atoms with Crippen LogP contribution in [0.15, 0.2) is 53.3 Å². The van der Waals surface area contributed by atoms with Crippen LogP contribution in [-0.2, 0) is 6.18 Å². The summed E-state index contributed by atoms with van der Waals surface area (Å²) in [5.74, 6) is 0.245. The third kappa shape index (κ3) is 4.79. The van der Waals surface area contributed by atoms with Gasteiger partial charge in [-0.25, -0.2) is 4.68 Å². The number of nitrogens with one attached hydrogen (secondary N) is 1. The Bertz CT molecular complexity index is 1010. The lowest BCUT2D eigenvalue weighted by Gasteiger charge is -2.33. The molecule has 1 aliphatic heterocycles. The van der Waals surface area contributed by atoms with E-state index in [2.05, 4.69) is 20.5 Å². The maximum atomic E-state index is 13.3. The largest absolute Gasteiger partial charge is 0.468 e. The van der Waals surface area contributed by atoms with Gasteiger partial charge in [0.2, 0.25) is 0 Å². The van der Waals surface area contributed by atoms with Gasteiger partial charge in [-0.1, -0.05) is 23.8 Å². The van der Waals surface area contributed by atoms with E-state index in [9.17, 15) is 18.0 Å². The highest BCUT2D eigenvalue weighted by Crippen LogP contribution is 2.33. The maximum Gasteiger partial charge on any atom is 0.418 e. The molecule has 31 heavy (non-hydrogen) atoms. The molecule has 7 nitrogen and oxygen atoms in total. The van der Waals surface area contributed by atoms with Crippen molar-refractivity contribution in [3.05, 3.63) is 65.9 Å². The van der Waals surface area contributed by atoms with Gasteiger partial charge in [-0.3, -0.25) is 9.69 Å². The lowest BCUT2D eigenvalue weighted by molar-refractivity contribution is -0.137. The van der Waals surface area contributed by atoms with Gasteiger partial charge in [0, 0.05) is 6.54 Å². The number of halogens is 3. The fourth-order valence-electron chi connectivity index (χ4n) is 3.80. The molecule has 164 valence electrons. The summed E-state index contributed by atoms with van der Waals surface area (Å²) < 4.78 is 46.3. The number of hydrogen-bond donors (Lipinski definition) is 1. The van der Waals surface area contributed by atoms with E-state index in [1.54, 1.807) is 12.3 Å². The number of furan rings is 1. The number of alkyl halides is 3. The van der Waals surface area contributed by atoms with Crippen LogP contribution in [0.3, 0.4) is 0 Å². The molecule has 4 rings (SSSR count). The smallest absolute Gasteiger partial charge is 0.418 e. The number of hydrogen-bond acceptors (Lipinski definition) is 5. The van der Waals surface area contributed by atoms with E-state index in [4.69, 9.17) is 4.42 Å². The highest BCUT2D eigenvalue weighted by molar-refractivity contribution is 5.91. The second kappa shape index (κ2) is 8.93. The molecule has 1 saturated heterocycles. The Morgan fingerprint density at radius 1 is 1.13 bits per heavy atom. The molecule has 1 atom stereocenters. The first-order valence-corrected chi connectivity index (χ1v) is 10.1. The first kappa shape index (κ1) is 21.1. The van der Waals surface area contributed by atoms with Gasteiger partial charge in [0.05, 0.1) is 29.8 Å². The van der Waals surface area contributed by atoms with Crippen molar-refractivity contribution >= 4 is 5.91 Å². The van der Waals surface area contributed by atoms with Crippen LogP contribution in [0, 0.1) is 0 Å². The minimum absolute atomic E-state index is 0.0613. The zero-order chi connectivity index (χ0) is 21.8. The Balaban J connectivity index is 1.48. The van der Waals surface area contributed by atoms with Gasteiger partial charge in [0.25, 0.3) is 5.91 Å². The lowest BCUT2D eigenvalue weighted by Crippen LogP contribution is -2.40. The fraction of sp³-hybridized carbons (Fsp3) is 0.381. The second-order valence-corrected chi connectivity index (χ2v) is 7.40. The van der Waals surface area contributed by atoms with Crippen molar-refractivity contribution in [3.8, 4) is 5.69 Å². The van der Waals surface area contributed by atoms with E-state index in [1.165, 1.54) is 30.8 Å². The van der Waals surface area contributed by atoms with Crippen LogP contribution in [0.4, 0.5) is 13.2 Å². The number of para-hydroxylation sites is 1. The van der Waals surface area contributed by atoms with Crippen LogP contribution in [0.1, 0.15) is 47.1 Å². The molecule has 0 radical (unpaired) electrons. The lowest BCUT2D eigenvalue weighted by atomic mass is 10.1. The molecule has 1 aliphatic rings. The van der Waals surface area contributed by atoms with Gasteiger partial charge < -0.3 is 9.73 Å². The molecule has 1 amide bonds. The Labute approximate surface area is 176 Å². The Hall–Kier alpha value is -3.14. The van der Waals surface area contributed by atoms with Crippen LogP contribution in [0.5, 0.6) is 0 Å². The van der Waals surface area contributed by atoms with Gasteiger partial charge >= 0.3 is 6.18 Å². The summed E-state index contributed by atoms with van der Waals surface area (Å²) in [6, 6.07) is 8.56. The molecule has 10 heteroatoms. The minimum Gasteiger partial charge on any atom is -0.468 e. The molecule has 0 saturated carbocycles. The van der Waals surface area contributed by atoms with Crippen molar-refractivity contribution < 1.29 is 22.4 Å². The Kier molecular flexibility index (Phi) is 6.08. The van der Waals surface area contributed by atoms with Gasteiger partial charge in [0.1, 0.15) is 5.76 Å². The van der Waals surface area contributed by atoms with Crippen molar-refractivity contribution in [1.29, 1.82) is 0 Å². The normalized spacial score (nSPS) is 16.2. The molecule has 0 spiro atoms. The molecule has 2 aromatic heterocycles. The first-order valence-electron chi connectivity index (χ1n) is 10.1. The quantitative estimate of drug-likeness (QED) is 0.639. The summed E-state index contributed by atoms with van der Waals surface area (Å²) in [6.45, 7) is 2.11. The minimum atomic E-state index is -4.55. The summed E-state index contributed by atoms with van der Waals surface area (Å²) in [5.41, 5.74) is -1.10. The zero-order valence-electron chi connectivity index (χ0n) is 16.7.